The molecule has 0 spiro atoms. The number of rotatable bonds is 4. The molecule has 2 heterocycles. The lowest BCUT2D eigenvalue weighted by atomic mass is 10.1. The fourth-order valence-electron chi connectivity index (χ4n) is 4.30. The van der Waals surface area contributed by atoms with Crippen LogP contribution in [0.5, 0.6) is 0 Å². The molecule has 2 aliphatic heterocycles. The van der Waals surface area contributed by atoms with Crippen LogP contribution >= 0.6 is 0 Å². The number of halogens is 2. The highest BCUT2D eigenvalue weighted by Gasteiger charge is 2.37. The second-order valence-corrected chi connectivity index (χ2v) is 10.00. The maximum Gasteiger partial charge on any atom is 0.221 e. The van der Waals surface area contributed by atoms with E-state index in [1.54, 1.807) is 12.1 Å². The smallest absolute Gasteiger partial charge is 0.221 e. The summed E-state index contributed by atoms with van der Waals surface area (Å²) in [5, 5.41) is -0.588. The summed E-state index contributed by atoms with van der Waals surface area (Å²) in [5.74, 6) is -0.444. The topological polar surface area (TPSA) is 40.6 Å². The Kier molecular flexibility index (Phi) is 5.88. The van der Waals surface area contributed by atoms with Crippen LogP contribution in [0.1, 0.15) is 42.1 Å². The minimum Gasteiger partial charge on any atom is -0.369 e. The Bertz CT molecular complexity index is 953. The van der Waals surface area contributed by atoms with Crippen molar-refractivity contribution in [1.29, 1.82) is 0 Å². The highest BCUT2D eigenvalue weighted by Crippen LogP contribution is 2.35. The van der Waals surface area contributed by atoms with Gasteiger partial charge in [-0.2, -0.15) is 4.31 Å². The second kappa shape index (κ2) is 8.40. The lowest BCUT2D eigenvalue weighted by Crippen LogP contribution is -2.39. The molecule has 0 bridgehead atoms. The number of piperidine rings is 1. The van der Waals surface area contributed by atoms with Gasteiger partial charge in [-0.25, -0.2) is 17.2 Å². The number of nitrogens with zero attached hydrogens (tertiary/aromatic N) is 2. The molecule has 4 nitrogen and oxygen atoms in total. The predicted molar refractivity (Wildman–Crippen MR) is 110 cm³/mol. The number of anilines is 1. The molecular weight excluding hydrogens is 394 g/mol. The largest absolute Gasteiger partial charge is 0.369 e. The third kappa shape index (κ3) is 4.31. The van der Waals surface area contributed by atoms with Crippen LogP contribution in [0.4, 0.5) is 14.5 Å². The van der Waals surface area contributed by atoms with E-state index < -0.39 is 27.3 Å². The molecule has 2 aliphatic rings. The molecule has 0 amide bonds. The van der Waals surface area contributed by atoms with Gasteiger partial charge in [-0.3, -0.25) is 0 Å². The highest BCUT2D eigenvalue weighted by atomic mass is 32.2. The fourth-order valence-corrected chi connectivity index (χ4v) is 6.32. The van der Waals surface area contributed by atoms with E-state index in [1.165, 1.54) is 10.4 Å². The molecule has 2 aromatic carbocycles. The Hall–Kier alpha value is -1.99. The van der Waals surface area contributed by atoms with Gasteiger partial charge < -0.3 is 4.90 Å². The predicted octanol–water partition coefficient (Wildman–Crippen LogP) is 4.43. The Balaban J connectivity index is 1.52. The van der Waals surface area contributed by atoms with E-state index >= 15 is 0 Å². The van der Waals surface area contributed by atoms with Gasteiger partial charge >= 0.3 is 0 Å². The van der Waals surface area contributed by atoms with E-state index in [2.05, 4.69) is 0 Å². The quantitative estimate of drug-likeness (QED) is 0.735. The van der Waals surface area contributed by atoms with Crippen molar-refractivity contribution < 1.29 is 17.2 Å². The summed E-state index contributed by atoms with van der Waals surface area (Å²) in [6.07, 6.45) is 1.72. The van der Waals surface area contributed by atoms with Crippen LogP contribution in [0, 0.1) is 5.82 Å². The van der Waals surface area contributed by atoms with E-state index in [-0.39, 0.29) is 13.1 Å². The van der Waals surface area contributed by atoms with Gasteiger partial charge in [0.25, 0.3) is 0 Å². The zero-order valence-electron chi connectivity index (χ0n) is 16.3. The van der Waals surface area contributed by atoms with Gasteiger partial charge in [-0.05, 0) is 43.4 Å². The standard InChI is InChI=1S/C22H26F2N2O2S/c23-19-8-4-12-25(16-19)20-11-10-18(21(24)14-20)15-26-13-5-9-22(29(26,27)28)17-6-2-1-3-7-17/h1-3,6-7,10-11,14,19,22H,4-5,8-9,12-13,15-16H2/t19-,22-/m1/s1. The minimum atomic E-state index is -3.56. The molecule has 2 atom stereocenters. The van der Waals surface area contributed by atoms with Crippen LogP contribution in [0.25, 0.3) is 0 Å². The summed E-state index contributed by atoms with van der Waals surface area (Å²) in [5.41, 5.74) is 1.77. The first-order chi connectivity index (χ1) is 13.9. The summed E-state index contributed by atoms with van der Waals surface area (Å²) < 4.78 is 56.1. The van der Waals surface area contributed by atoms with Crippen LogP contribution < -0.4 is 4.90 Å². The first kappa shape index (κ1) is 20.3. The number of benzene rings is 2. The summed E-state index contributed by atoms with van der Waals surface area (Å²) in [6.45, 7) is 1.39. The van der Waals surface area contributed by atoms with Crippen LogP contribution in [0.15, 0.2) is 48.5 Å². The molecule has 0 saturated carbocycles. The molecule has 0 N–H and O–H groups in total. The second-order valence-electron chi connectivity index (χ2n) is 7.88. The van der Waals surface area contributed by atoms with Crippen molar-refractivity contribution in [3.05, 3.63) is 65.5 Å². The fraction of sp³-hybridized carbons (Fsp3) is 0.455. The molecule has 0 radical (unpaired) electrons. The van der Waals surface area contributed by atoms with E-state index in [0.717, 1.165) is 18.4 Å². The Morgan fingerprint density at radius 1 is 1.00 bits per heavy atom. The van der Waals surface area contributed by atoms with Gasteiger partial charge in [-0.15, -0.1) is 0 Å². The Morgan fingerprint density at radius 2 is 1.76 bits per heavy atom. The lowest BCUT2D eigenvalue weighted by Gasteiger charge is -2.33. The van der Waals surface area contributed by atoms with Crippen LogP contribution in [0.2, 0.25) is 0 Å². The molecule has 0 unspecified atom stereocenters. The average molecular weight is 421 g/mol. The molecule has 156 valence electrons. The van der Waals surface area contributed by atoms with Gasteiger partial charge in [0, 0.05) is 37.4 Å². The molecule has 2 saturated heterocycles. The minimum absolute atomic E-state index is 0.0174. The number of hydrogen-bond donors (Lipinski definition) is 0. The molecule has 29 heavy (non-hydrogen) atoms. The molecule has 4 rings (SSSR count). The van der Waals surface area contributed by atoms with Crippen molar-refractivity contribution in [1.82, 2.24) is 4.31 Å². The SMILES string of the molecule is O=S1(=O)[C@@H](c2ccccc2)CCCN1Cc1ccc(N2CCC[C@@H](F)C2)cc1F. The van der Waals surface area contributed by atoms with Gasteiger partial charge in [0.1, 0.15) is 17.2 Å². The molecule has 7 heteroatoms. The van der Waals surface area contributed by atoms with Gasteiger partial charge in [0.2, 0.25) is 10.0 Å². The van der Waals surface area contributed by atoms with Crippen LogP contribution in [-0.2, 0) is 16.6 Å². The van der Waals surface area contributed by atoms with Crippen molar-refractivity contribution >= 4 is 15.7 Å². The van der Waals surface area contributed by atoms with Crippen molar-refractivity contribution in [3.63, 3.8) is 0 Å². The van der Waals surface area contributed by atoms with E-state index in [0.29, 0.717) is 37.2 Å². The summed E-state index contributed by atoms with van der Waals surface area (Å²) in [7, 11) is -3.56. The maximum absolute atomic E-state index is 14.8. The normalized spacial score (nSPS) is 25.1. The molecule has 2 aromatic rings. The number of sulfonamides is 1. The zero-order chi connectivity index (χ0) is 20.4. The lowest BCUT2D eigenvalue weighted by molar-refractivity contribution is 0.286. The van der Waals surface area contributed by atoms with Crippen molar-refractivity contribution in [2.45, 2.75) is 43.6 Å². The first-order valence-electron chi connectivity index (χ1n) is 10.2. The van der Waals surface area contributed by atoms with Crippen molar-refractivity contribution in [3.8, 4) is 0 Å². The van der Waals surface area contributed by atoms with Gasteiger partial charge in [0.15, 0.2) is 0 Å². The first-order valence-corrected chi connectivity index (χ1v) is 11.7. The molecule has 0 aromatic heterocycles. The van der Waals surface area contributed by atoms with Gasteiger partial charge in [0.05, 0.1) is 0 Å². The third-order valence-electron chi connectivity index (χ3n) is 5.88. The molecule has 0 aliphatic carbocycles. The maximum atomic E-state index is 14.8. The third-order valence-corrected chi connectivity index (χ3v) is 8.14. The highest BCUT2D eigenvalue weighted by molar-refractivity contribution is 7.89. The Morgan fingerprint density at radius 3 is 2.48 bits per heavy atom. The zero-order valence-corrected chi connectivity index (χ0v) is 17.1. The average Bonchev–Trinajstić information content (AvgIpc) is 2.71. The van der Waals surface area contributed by atoms with Gasteiger partial charge in [-0.1, -0.05) is 36.4 Å². The van der Waals surface area contributed by atoms with E-state index in [1.807, 2.05) is 35.2 Å². The number of alkyl halides is 1. The number of hydrogen-bond acceptors (Lipinski definition) is 3. The van der Waals surface area contributed by atoms with E-state index in [9.17, 15) is 17.2 Å². The molecule has 2 fully saturated rings. The monoisotopic (exact) mass is 420 g/mol. The van der Waals surface area contributed by atoms with E-state index in [4.69, 9.17) is 0 Å². The molecular formula is C22H26F2N2O2S. The van der Waals surface area contributed by atoms with Crippen LogP contribution in [-0.4, -0.2) is 38.5 Å². The Labute approximate surface area is 171 Å². The summed E-state index contributed by atoms with van der Waals surface area (Å²) in [4.78, 5) is 1.85. The summed E-state index contributed by atoms with van der Waals surface area (Å²) >= 11 is 0. The summed E-state index contributed by atoms with van der Waals surface area (Å²) in [6, 6.07) is 14.0. The van der Waals surface area contributed by atoms with Crippen LogP contribution in [0.3, 0.4) is 0 Å². The van der Waals surface area contributed by atoms with Crippen molar-refractivity contribution in [2.24, 2.45) is 0 Å². The van der Waals surface area contributed by atoms with Crippen molar-refractivity contribution in [2.75, 3.05) is 24.5 Å².